The standard InChI is InChI=1S/C8H16N2O5/c1-4-14-8(3,15-5-2)6-9-7(11)10(12)13/h6,12-13H,4-5H2,1-3H3. The van der Waals surface area contributed by atoms with E-state index < -0.39 is 17.0 Å². The first-order valence-corrected chi connectivity index (χ1v) is 4.50. The monoisotopic (exact) mass is 220 g/mol. The predicted octanol–water partition coefficient (Wildman–Crippen LogP) is 1.05. The highest BCUT2D eigenvalue weighted by Gasteiger charge is 2.23. The Morgan fingerprint density at radius 2 is 1.87 bits per heavy atom. The van der Waals surface area contributed by atoms with Gasteiger partial charge in [0, 0.05) is 13.2 Å². The summed E-state index contributed by atoms with van der Waals surface area (Å²) in [5.74, 6) is -1.14. The van der Waals surface area contributed by atoms with Crippen LogP contribution in [0.1, 0.15) is 20.8 Å². The first kappa shape index (κ1) is 14.0. The lowest BCUT2D eigenvalue weighted by atomic mass is 10.3. The van der Waals surface area contributed by atoms with Gasteiger partial charge in [-0.3, -0.25) is 10.4 Å². The highest BCUT2D eigenvalue weighted by molar-refractivity contribution is 5.84. The minimum absolute atomic E-state index is 0.374. The smallest absolute Gasteiger partial charge is 0.346 e. The summed E-state index contributed by atoms with van der Waals surface area (Å²) in [7, 11) is 0. The zero-order chi connectivity index (χ0) is 11.9. The average molecular weight is 220 g/mol. The maximum Gasteiger partial charge on any atom is 0.392 e. The van der Waals surface area contributed by atoms with E-state index in [9.17, 15) is 4.79 Å². The van der Waals surface area contributed by atoms with Crippen molar-refractivity contribution in [1.82, 2.24) is 5.23 Å². The Balaban J connectivity index is 4.45. The van der Waals surface area contributed by atoms with Crippen LogP contribution >= 0.6 is 0 Å². The molecule has 0 bridgehead atoms. The van der Waals surface area contributed by atoms with Crippen LogP contribution in [-0.2, 0) is 9.47 Å². The Labute approximate surface area is 87.8 Å². The van der Waals surface area contributed by atoms with Crippen molar-refractivity contribution in [3.8, 4) is 0 Å². The second-order valence-corrected chi connectivity index (χ2v) is 2.71. The molecule has 7 nitrogen and oxygen atoms in total. The first-order chi connectivity index (χ1) is 6.95. The number of amides is 2. The Morgan fingerprint density at radius 1 is 1.40 bits per heavy atom. The molecule has 0 aromatic rings. The molecule has 0 saturated carbocycles. The SMILES string of the molecule is CCOC(C)(C=NC(=O)N(O)O)OCC. The van der Waals surface area contributed by atoms with Crippen molar-refractivity contribution in [2.24, 2.45) is 4.99 Å². The van der Waals surface area contributed by atoms with Gasteiger partial charge in [-0.05, 0) is 20.8 Å². The quantitative estimate of drug-likeness (QED) is 0.312. The molecular weight excluding hydrogens is 204 g/mol. The van der Waals surface area contributed by atoms with Gasteiger partial charge in [-0.15, -0.1) is 0 Å². The predicted molar refractivity (Wildman–Crippen MR) is 51.0 cm³/mol. The van der Waals surface area contributed by atoms with Crippen LogP contribution in [0.5, 0.6) is 0 Å². The molecule has 2 amide bonds. The van der Waals surface area contributed by atoms with Crippen molar-refractivity contribution in [2.75, 3.05) is 13.2 Å². The van der Waals surface area contributed by atoms with Gasteiger partial charge in [-0.1, -0.05) is 5.23 Å². The van der Waals surface area contributed by atoms with Crippen molar-refractivity contribution < 1.29 is 24.7 Å². The molecule has 2 N–H and O–H groups in total. The Morgan fingerprint density at radius 3 is 2.20 bits per heavy atom. The average Bonchev–Trinajstić information content (AvgIpc) is 2.15. The number of urea groups is 1. The fourth-order valence-corrected chi connectivity index (χ4v) is 0.914. The molecule has 0 saturated heterocycles. The summed E-state index contributed by atoms with van der Waals surface area (Å²) >= 11 is 0. The lowest BCUT2D eigenvalue weighted by molar-refractivity contribution is -0.256. The third-order valence-corrected chi connectivity index (χ3v) is 1.44. The van der Waals surface area contributed by atoms with E-state index in [0.29, 0.717) is 13.2 Å². The van der Waals surface area contributed by atoms with Crippen LogP contribution in [0, 0.1) is 0 Å². The van der Waals surface area contributed by atoms with E-state index in [1.807, 2.05) is 0 Å². The van der Waals surface area contributed by atoms with E-state index >= 15 is 0 Å². The third-order valence-electron chi connectivity index (χ3n) is 1.44. The van der Waals surface area contributed by atoms with Gasteiger partial charge in [0.2, 0.25) is 5.79 Å². The summed E-state index contributed by atoms with van der Waals surface area (Å²) in [5, 5.41) is 16.0. The summed E-state index contributed by atoms with van der Waals surface area (Å²) in [6.45, 7) is 5.84. The number of aliphatic imine (C=N–C) groups is 1. The van der Waals surface area contributed by atoms with Gasteiger partial charge < -0.3 is 9.47 Å². The van der Waals surface area contributed by atoms with Gasteiger partial charge in [-0.2, -0.15) is 4.99 Å². The second kappa shape index (κ2) is 6.46. The van der Waals surface area contributed by atoms with Crippen LogP contribution in [0.15, 0.2) is 4.99 Å². The highest BCUT2D eigenvalue weighted by atomic mass is 16.8. The van der Waals surface area contributed by atoms with Crippen LogP contribution < -0.4 is 0 Å². The molecule has 0 aromatic heterocycles. The summed E-state index contributed by atoms with van der Waals surface area (Å²) < 4.78 is 10.4. The normalized spacial score (nSPS) is 12.1. The van der Waals surface area contributed by atoms with Crippen LogP contribution in [-0.4, -0.2) is 46.9 Å². The Kier molecular flexibility index (Phi) is 6.02. The molecule has 0 aromatic carbocycles. The number of hydroxylamine groups is 2. The molecule has 0 aliphatic rings. The van der Waals surface area contributed by atoms with Crippen molar-refractivity contribution >= 4 is 12.2 Å². The summed E-state index contributed by atoms with van der Waals surface area (Å²) in [4.78, 5) is 14.0. The maximum absolute atomic E-state index is 10.7. The molecule has 0 rings (SSSR count). The van der Waals surface area contributed by atoms with E-state index in [1.54, 1.807) is 20.8 Å². The van der Waals surface area contributed by atoms with E-state index in [1.165, 1.54) is 0 Å². The van der Waals surface area contributed by atoms with Gasteiger partial charge in [0.1, 0.15) is 0 Å². The highest BCUT2D eigenvalue weighted by Crippen LogP contribution is 2.09. The van der Waals surface area contributed by atoms with E-state index in [4.69, 9.17) is 19.9 Å². The van der Waals surface area contributed by atoms with Gasteiger partial charge in [0.15, 0.2) is 0 Å². The molecule has 0 aliphatic heterocycles. The number of carbonyl (C=O) groups excluding carboxylic acids is 1. The van der Waals surface area contributed by atoms with Crippen LogP contribution in [0.3, 0.4) is 0 Å². The van der Waals surface area contributed by atoms with Crippen molar-refractivity contribution in [3.63, 3.8) is 0 Å². The third kappa shape index (κ3) is 5.43. The molecule has 0 heterocycles. The lowest BCUT2D eigenvalue weighted by Crippen LogP contribution is -2.35. The molecule has 0 unspecified atom stereocenters. The molecule has 0 spiro atoms. The maximum atomic E-state index is 10.7. The first-order valence-electron chi connectivity index (χ1n) is 4.50. The zero-order valence-electron chi connectivity index (χ0n) is 9.01. The fraction of sp³-hybridized carbons (Fsp3) is 0.750. The largest absolute Gasteiger partial charge is 0.392 e. The fourth-order valence-electron chi connectivity index (χ4n) is 0.914. The van der Waals surface area contributed by atoms with Crippen molar-refractivity contribution in [2.45, 2.75) is 26.6 Å². The minimum Gasteiger partial charge on any atom is -0.346 e. The van der Waals surface area contributed by atoms with Crippen LogP contribution in [0.4, 0.5) is 4.79 Å². The molecule has 0 radical (unpaired) electrons. The number of nitrogens with zero attached hydrogens (tertiary/aromatic N) is 2. The second-order valence-electron chi connectivity index (χ2n) is 2.71. The number of hydrogen-bond donors (Lipinski definition) is 2. The molecular formula is C8H16N2O5. The Hall–Kier alpha value is -1.02. The summed E-state index contributed by atoms with van der Waals surface area (Å²) in [6.07, 6.45) is 1.07. The molecule has 0 atom stereocenters. The molecule has 0 aliphatic carbocycles. The molecule has 7 heteroatoms. The topological polar surface area (TPSA) is 91.6 Å². The van der Waals surface area contributed by atoms with Crippen molar-refractivity contribution in [1.29, 1.82) is 0 Å². The number of hydrogen-bond acceptors (Lipinski definition) is 5. The molecule has 15 heavy (non-hydrogen) atoms. The van der Waals surface area contributed by atoms with Crippen LogP contribution in [0.2, 0.25) is 0 Å². The van der Waals surface area contributed by atoms with Crippen LogP contribution in [0.25, 0.3) is 0 Å². The number of ether oxygens (including phenoxy) is 2. The lowest BCUT2D eigenvalue weighted by Gasteiger charge is -2.24. The van der Waals surface area contributed by atoms with E-state index in [0.717, 1.165) is 6.21 Å². The van der Waals surface area contributed by atoms with E-state index in [2.05, 4.69) is 4.99 Å². The van der Waals surface area contributed by atoms with Gasteiger partial charge in [0.25, 0.3) is 0 Å². The Bertz CT molecular complexity index is 223. The van der Waals surface area contributed by atoms with E-state index in [-0.39, 0.29) is 0 Å². The van der Waals surface area contributed by atoms with Crippen molar-refractivity contribution in [3.05, 3.63) is 0 Å². The molecule has 88 valence electrons. The zero-order valence-corrected chi connectivity index (χ0v) is 9.01. The number of carbonyl (C=O) groups is 1. The van der Waals surface area contributed by atoms with Gasteiger partial charge in [-0.25, -0.2) is 4.79 Å². The minimum atomic E-state index is -1.22. The summed E-state index contributed by atoms with van der Waals surface area (Å²) in [5.41, 5.74) is 0. The van der Waals surface area contributed by atoms with Gasteiger partial charge >= 0.3 is 6.03 Å². The molecule has 0 fully saturated rings. The summed E-state index contributed by atoms with van der Waals surface area (Å²) in [6, 6.07) is -1.22. The number of rotatable bonds is 5. The van der Waals surface area contributed by atoms with Gasteiger partial charge in [0.05, 0.1) is 6.21 Å².